The molecule has 1 aromatic heterocycles. The van der Waals surface area contributed by atoms with E-state index < -0.39 is 15.9 Å². The second-order valence-corrected chi connectivity index (χ2v) is 13.2. The summed E-state index contributed by atoms with van der Waals surface area (Å²) in [5.41, 5.74) is 3.15. The van der Waals surface area contributed by atoms with Crippen molar-refractivity contribution >= 4 is 27.3 Å². The van der Waals surface area contributed by atoms with Gasteiger partial charge in [0.2, 0.25) is 15.9 Å². The Morgan fingerprint density at radius 1 is 1.07 bits per heavy atom. The van der Waals surface area contributed by atoms with Crippen molar-refractivity contribution in [3.05, 3.63) is 65.1 Å². The SMILES string of the molecule is CCC(CCNC)Cc1cc(Oc2cc(C(=O)Nc3cc(C(C)(C)C)cc(NS(C)(=O)=O)c3OC)ccc2C)ncn1. The van der Waals surface area contributed by atoms with Crippen molar-refractivity contribution in [2.24, 2.45) is 5.92 Å². The third-order valence-corrected chi connectivity index (χ3v) is 7.53. The van der Waals surface area contributed by atoms with Gasteiger partial charge in [0.05, 0.1) is 24.7 Å². The van der Waals surface area contributed by atoms with Crippen LogP contribution in [0.3, 0.4) is 0 Å². The molecule has 42 heavy (non-hydrogen) atoms. The van der Waals surface area contributed by atoms with E-state index in [1.54, 1.807) is 30.3 Å². The van der Waals surface area contributed by atoms with Crippen molar-refractivity contribution in [1.29, 1.82) is 0 Å². The molecule has 3 N–H and O–H groups in total. The minimum absolute atomic E-state index is 0.207. The van der Waals surface area contributed by atoms with Crippen LogP contribution in [0.1, 0.15) is 67.7 Å². The Labute approximate surface area is 249 Å². The van der Waals surface area contributed by atoms with Gasteiger partial charge >= 0.3 is 0 Å². The number of carbonyl (C=O) groups excluding carboxylic acids is 1. The number of sulfonamides is 1. The number of anilines is 2. The van der Waals surface area contributed by atoms with Crippen molar-refractivity contribution < 1.29 is 22.7 Å². The molecule has 0 fully saturated rings. The van der Waals surface area contributed by atoms with E-state index in [-0.39, 0.29) is 16.9 Å². The molecular weight excluding hydrogens is 554 g/mol. The second kappa shape index (κ2) is 14.0. The molecule has 228 valence electrons. The summed E-state index contributed by atoms with van der Waals surface area (Å²) in [6.07, 6.45) is 5.49. The lowest BCUT2D eigenvalue weighted by atomic mass is 9.86. The summed E-state index contributed by atoms with van der Waals surface area (Å²) in [4.78, 5) is 22.2. The van der Waals surface area contributed by atoms with Crippen LogP contribution in [-0.4, -0.2) is 51.3 Å². The third kappa shape index (κ3) is 9.15. The number of nitrogens with zero attached hydrogens (tertiary/aromatic N) is 2. The molecule has 1 unspecified atom stereocenters. The summed E-state index contributed by atoms with van der Waals surface area (Å²) in [6, 6.07) is 10.5. The number of rotatable bonds is 13. The summed E-state index contributed by atoms with van der Waals surface area (Å²) < 4.78 is 38.3. The molecule has 0 aliphatic heterocycles. The number of hydrogen-bond donors (Lipinski definition) is 3. The Hall–Kier alpha value is -3.70. The van der Waals surface area contributed by atoms with Crippen molar-refractivity contribution in [2.45, 2.75) is 59.3 Å². The predicted molar refractivity (Wildman–Crippen MR) is 167 cm³/mol. The zero-order chi connectivity index (χ0) is 31.1. The number of benzene rings is 2. The molecule has 2 aromatic carbocycles. The summed E-state index contributed by atoms with van der Waals surface area (Å²) in [5, 5.41) is 6.10. The number of methoxy groups -OCH3 is 1. The first kappa shape index (κ1) is 32.8. The fourth-order valence-electron chi connectivity index (χ4n) is 4.45. The Bertz CT molecular complexity index is 1500. The zero-order valence-electron chi connectivity index (χ0n) is 25.8. The topological polar surface area (TPSA) is 132 Å². The standard InChI is InChI=1S/C31H43N5O5S/c1-9-21(12-13-32-6)14-24-18-28(34-19-33-24)41-27-15-22(11-10-20(27)2)30(37)35-25-16-23(31(3,4)5)17-26(29(25)40-7)36-42(8,38)39/h10-11,15-19,21,32,36H,9,12-14H2,1-8H3,(H,35,37). The van der Waals surface area contributed by atoms with Crippen molar-refractivity contribution in [1.82, 2.24) is 15.3 Å². The first-order chi connectivity index (χ1) is 19.7. The van der Waals surface area contributed by atoms with E-state index in [1.165, 1.54) is 13.4 Å². The number of hydrogen-bond acceptors (Lipinski definition) is 8. The normalized spacial score (nSPS) is 12.5. The van der Waals surface area contributed by atoms with Crippen LogP contribution in [0.5, 0.6) is 17.4 Å². The van der Waals surface area contributed by atoms with E-state index >= 15 is 0 Å². The molecule has 0 aliphatic carbocycles. The van der Waals surface area contributed by atoms with Crippen LogP contribution < -0.4 is 24.8 Å². The number of amides is 1. The van der Waals surface area contributed by atoms with Crippen LogP contribution in [0, 0.1) is 12.8 Å². The summed E-state index contributed by atoms with van der Waals surface area (Å²) >= 11 is 0. The monoisotopic (exact) mass is 597 g/mol. The summed E-state index contributed by atoms with van der Waals surface area (Å²) in [5.74, 6) is 1.19. The lowest BCUT2D eigenvalue weighted by Gasteiger charge is -2.24. The third-order valence-electron chi connectivity index (χ3n) is 6.94. The number of aromatic nitrogens is 2. The minimum atomic E-state index is -3.60. The van der Waals surface area contributed by atoms with Gasteiger partial charge < -0.3 is 20.1 Å². The molecule has 1 heterocycles. The Balaban J connectivity index is 1.89. The maximum absolute atomic E-state index is 13.5. The highest BCUT2D eigenvalue weighted by Crippen LogP contribution is 2.39. The fourth-order valence-corrected chi connectivity index (χ4v) is 5.00. The molecule has 11 heteroatoms. The first-order valence-corrected chi connectivity index (χ1v) is 15.9. The number of aryl methyl sites for hydroxylation is 1. The quantitative estimate of drug-likeness (QED) is 0.229. The number of carbonyl (C=O) groups is 1. The largest absolute Gasteiger partial charge is 0.492 e. The van der Waals surface area contributed by atoms with Gasteiger partial charge in [-0.1, -0.05) is 40.2 Å². The minimum Gasteiger partial charge on any atom is -0.492 e. The van der Waals surface area contributed by atoms with Crippen LogP contribution in [0.15, 0.2) is 42.7 Å². The van der Waals surface area contributed by atoms with Crippen molar-refractivity contribution in [3.63, 3.8) is 0 Å². The van der Waals surface area contributed by atoms with Gasteiger partial charge in [-0.25, -0.2) is 18.4 Å². The Morgan fingerprint density at radius 2 is 1.79 bits per heavy atom. The molecule has 0 saturated heterocycles. The lowest BCUT2D eigenvalue weighted by Crippen LogP contribution is -2.18. The molecule has 1 amide bonds. The highest BCUT2D eigenvalue weighted by Gasteiger charge is 2.23. The van der Waals surface area contributed by atoms with Crippen molar-refractivity contribution in [2.75, 3.05) is 37.0 Å². The van der Waals surface area contributed by atoms with E-state index in [1.807, 2.05) is 40.8 Å². The van der Waals surface area contributed by atoms with Gasteiger partial charge in [-0.15, -0.1) is 0 Å². The van der Waals surface area contributed by atoms with Gasteiger partial charge in [0.25, 0.3) is 5.91 Å². The highest BCUT2D eigenvalue weighted by molar-refractivity contribution is 7.92. The molecule has 3 rings (SSSR count). The molecular formula is C31H43N5O5S. The van der Waals surface area contributed by atoms with E-state index in [0.717, 1.165) is 48.9 Å². The van der Waals surface area contributed by atoms with Gasteiger partial charge in [-0.3, -0.25) is 9.52 Å². The average Bonchev–Trinajstić information content (AvgIpc) is 2.91. The Kier molecular flexibility index (Phi) is 10.9. The maximum atomic E-state index is 13.5. The van der Waals surface area contributed by atoms with Crippen LogP contribution in [0.4, 0.5) is 11.4 Å². The van der Waals surface area contributed by atoms with Gasteiger partial charge in [-0.05, 0) is 80.1 Å². The number of ether oxygens (including phenoxy) is 2. The second-order valence-electron chi connectivity index (χ2n) is 11.5. The first-order valence-electron chi connectivity index (χ1n) is 14.0. The molecule has 1 atom stereocenters. The van der Waals surface area contributed by atoms with Gasteiger partial charge in [0.1, 0.15) is 12.1 Å². The molecule has 10 nitrogen and oxygen atoms in total. The Morgan fingerprint density at radius 3 is 2.40 bits per heavy atom. The average molecular weight is 598 g/mol. The van der Waals surface area contributed by atoms with Crippen LogP contribution in [0.2, 0.25) is 0 Å². The van der Waals surface area contributed by atoms with Crippen LogP contribution in [-0.2, 0) is 21.9 Å². The van der Waals surface area contributed by atoms with E-state index in [4.69, 9.17) is 9.47 Å². The molecule has 0 aliphatic rings. The highest BCUT2D eigenvalue weighted by atomic mass is 32.2. The lowest BCUT2D eigenvalue weighted by molar-refractivity contribution is 0.102. The van der Waals surface area contributed by atoms with Crippen LogP contribution >= 0.6 is 0 Å². The maximum Gasteiger partial charge on any atom is 0.255 e. The fraction of sp³-hybridized carbons (Fsp3) is 0.452. The van der Waals surface area contributed by atoms with Gasteiger partial charge in [0.15, 0.2) is 5.75 Å². The smallest absolute Gasteiger partial charge is 0.255 e. The molecule has 0 bridgehead atoms. The van der Waals surface area contributed by atoms with Crippen LogP contribution in [0.25, 0.3) is 0 Å². The van der Waals surface area contributed by atoms with Crippen molar-refractivity contribution in [3.8, 4) is 17.4 Å². The van der Waals surface area contributed by atoms with Gasteiger partial charge in [0, 0.05) is 17.3 Å². The molecule has 0 saturated carbocycles. The summed E-state index contributed by atoms with van der Waals surface area (Å²) in [6.45, 7) is 11.0. The van der Waals surface area contributed by atoms with E-state index in [2.05, 4.69) is 32.2 Å². The van der Waals surface area contributed by atoms with E-state index in [9.17, 15) is 13.2 Å². The zero-order valence-corrected chi connectivity index (χ0v) is 26.6. The molecule has 0 spiro atoms. The predicted octanol–water partition coefficient (Wildman–Crippen LogP) is 5.69. The van der Waals surface area contributed by atoms with E-state index in [0.29, 0.717) is 28.8 Å². The molecule has 0 radical (unpaired) electrons. The molecule has 3 aromatic rings. The number of nitrogens with one attached hydrogen (secondary N) is 3. The van der Waals surface area contributed by atoms with Gasteiger partial charge in [-0.2, -0.15) is 0 Å². The summed E-state index contributed by atoms with van der Waals surface area (Å²) in [7, 11) is -0.223.